The van der Waals surface area contributed by atoms with E-state index in [2.05, 4.69) is 9.97 Å². The van der Waals surface area contributed by atoms with Crippen molar-refractivity contribution >= 4 is 28.7 Å². The van der Waals surface area contributed by atoms with Crippen LogP contribution in [0.1, 0.15) is 24.2 Å². The molecule has 6 heteroatoms. The molecule has 0 fully saturated rings. The lowest BCUT2D eigenvalue weighted by Gasteiger charge is -2.25. The van der Waals surface area contributed by atoms with E-state index in [-0.39, 0.29) is 23.5 Å². The van der Waals surface area contributed by atoms with Gasteiger partial charge in [0, 0.05) is 7.05 Å². The molecule has 0 unspecified atom stereocenters. The van der Waals surface area contributed by atoms with Crippen molar-refractivity contribution in [3.63, 3.8) is 0 Å². The van der Waals surface area contributed by atoms with Gasteiger partial charge in [0.1, 0.15) is 10.8 Å². The first kappa shape index (κ1) is 18.3. The van der Waals surface area contributed by atoms with E-state index in [1.807, 2.05) is 38.1 Å². The van der Waals surface area contributed by atoms with Crippen LogP contribution in [-0.2, 0) is 4.79 Å². The van der Waals surface area contributed by atoms with Crippen LogP contribution >= 0.6 is 11.8 Å². The molecule has 0 aliphatic carbocycles. The molecule has 0 spiro atoms. The average Bonchev–Trinajstić information content (AvgIpc) is 2.65. The number of nitrogens with zero attached hydrogens (tertiary/aromatic N) is 3. The van der Waals surface area contributed by atoms with Crippen LogP contribution in [0.5, 0.6) is 0 Å². The minimum absolute atomic E-state index is 0.0128. The molecule has 0 N–H and O–H groups in total. The van der Waals surface area contributed by atoms with Crippen LogP contribution in [-0.4, -0.2) is 33.6 Å². The number of aryl methyl sites for hydroxylation is 1. The fraction of sp³-hybridized carbons (Fsp3) is 0.250. The first-order valence-corrected chi connectivity index (χ1v) is 9.31. The zero-order valence-electron chi connectivity index (χ0n) is 14.9. The third-order valence-electron chi connectivity index (χ3n) is 4.36. The highest BCUT2D eigenvalue weighted by Gasteiger charge is 2.18. The van der Waals surface area contributed by atoms with Crippen molar-refractivity contribution in [3.05, 3.63) is 65.6 Å². The maximum absolute atomic E-state index is 13.1. The zero-order valence-corrected chi connectivity index (χ0v) is 15.8. The number of halogens is 1. The minimum Gasteiger partial charge on any atom is -0.338 e. The molecule has 1 aromatic heterocycles. The van der Waals surface area contributed by atoms with E-state index in [9.17, 15) is 9.18 Å². The number of carbonyl (C=O) groups excluding carboxylic acids is 1. The van der Waals surface area contributed by atoms with Crippen molar-refractivity contribution < 1.29 is 9.18 Å². The highest BCUT2D eigenvalue weighted by molar-refractivity contribution is 7.99. The molecule has 1 amide bonds. The Kier molecular flexibility index (Phi) is 5.52. The van der Waals surface area contributed by atoms with Gasteiger partial charge < -0.3 is 4.90 Å². The van der Waals surface area contributed by atoms with Gasteiger partial charge >= 0.3 is 0 Å². The van der Waals surface area contributed by atoms with Crippen LogP contribution in [0.3, 0.4) is 0 Å². The van der Waals surface area contributed by atoms with Gasteiger partial charge in [-0.05, 0) is 43.7 Å². The Balaban J connectivity index is 1.68. The first-order chi connectivity index (χ1) is 12.5. The highest BCUT2D eigenvalue weighted by atomic mass is 32.2. The molecule has 3 rings (SSSR count). The van der Waals surface area contributed by atoms with Crippen molar-refractivity contribution in [3.8, 4) is 0 Å². The van der Waals surface area contributed by atoms with E-state index in [1.165, 1.54) is 23.9 Å². The van der Waals surface area contributed by atoms with Gasteiger partial charge in [-0.2, -0.15) is 0 Å². The smallest absolute Gasteiger partial charge is 0.233 e. The maximum Gasteiger partial charge on any atom is 0.233 e. The number of amides is 1. The van der Waals surface area contributed by atoms with Crippen molar-refractivity contribution in [2.75, 3.05) is 12.8 Å². The number of hydrogen-bond donors (Lipinski definition) is 0. The van der Waals surface area contributed by atoms with E-state index in [0.29, 0.717) is 0 Å². The van der Waals surface area contributed by atoms with Crippen molar-refractivity contribution in [1.82, 2.24) is 14.9 Å². The second kappa shape index (κ2) is 7.83. The van der Waals surface area contributed by atoms with Gasteiger partial charge in [0.25, 0.3) is 0 Å². The maximum atomic E-state index is 13.1. The molecule has 0 aliphatic rings. The van der Waals surface area contributed by atoms with Crippen LogP contribution in [0.25, 0.3) is 11.0 Å². The predicted molar refractivity (Wildman–Crippen MR) is 103 cm³/mol. The van der Waals surface area contributed by atoms with Crippen molar-refractivity contribution in [1.29, 1.82) is 0 Å². The normalized spacial score (nSPS) is 12.2. The van der Waals surface area contributed by atoms with Crippen molar-refractivity contribution in [2.24, 2.45) is 0 Å². The average molecular weight is 369 g/mol. The van der Waals surface area contributed by atoms with Gasteiger partial charge in [0.2, 0.25) is 5.91 Å². The molecular formula is C20H20FN3OS. The van der Waals surface area contributed by atoms with Crippen LogP contribution in [0.15, 0.2) is 53.6 Å². The first-order valence-electron chi connectivity index (χ1n) is 8.33. The number of hydrogen-bond acceptors (Lipinski definition) is 4. The van der Waals surface area contributed by atoms with Gasteiger partial charge in [-0.3, -0.25) is 4.79 Å². The third kappa shape index (κ3) is 4.02. The molecule has 0 bridgehead atoms. The molecular weight excluding hydrogens is 349 g/mol. The summed E-state index contributed by atoms with van der Waals surface area (Å²) in [5.41, 5.74) is 3.38. The van der Waals surface area contributed by atoms with Crippen molar-refractivity contribution in [2.45, 2.75) is 24.9 Å². The lowest BCUT2D eigenvalue weighted by atomic mass is 10.1. The lowest BCUT2D eigenvalue weighted by molar-refractivity contribution is -0.128. The van der Waals surface area contributed by atoms with Gasteiger partial charge in [-0.15, -0.1) is 0 Å². The quantitative estimate of drug-likeness (QED) is 0.626. The second-order valence-corrected chi connectivity index (χ2v) is 7.09. The summed E-state index contributed by atoms with van der Waals surface area (Å²) in [6.45, 7) is 3.83. The van der Waals surface area contributed by atoms with E-state index < -0.39 is 0 Å². The number of aromatic nitrogens is 2. The molecule has 3 aromatic rings. The number of rotatable bonds is 5. The molecule has 4 nitrogen and oxygen atoms in total. The Morgan fingerprint density at radius 1 is 1.12 bits per heavy atom. The summed E-state index contributed by atoms with van der Waals surface area (Å²) in [7, 11) is 1.76. The van der Waals surface area contributed by atoms with Gasteiger partial charge in [-0.1, -0.05) is 36.0 Å². The largest absolute Gasteiger partial charge is 0.338 e. The molecule has 0 aliphatic heterocycles. The molecule has 1 heterocycles. The standard InChI is InChI=1S/C20H20FN3OS/c1-13-20(23-18-7-5-4-6-17(18)22-13)26-12-19(25)24(3)14(2)15-8-10-16(21)11-9-15/h4-11,14H,12H2,1-3H3/t14-/m0/s1. The molecule has 134 valence electrons. The summed E-state index contributed by atoms with van der Waals surface area (Å²) in [6.07, 6.45) is 0. The summed E-state index contributed by atoms with van der Waals surface area (Å²) in [6, 6.07) is 13.8. The minimum atomic E-state index is -0.282. The monoisotopic (exact) mass is 369 g/mol. The number of benzene rings is 2. The fourth-order valence-electron chi connectivity index (χ4n) is 2.62. The van der Waals surface area contributed by atoms with Crippen LogP contribution in [0.2, 0.25) is 0 Å². The second-order valence-electron chi connectivity index (χ2n) is 6.12. The molecule has 0 saturated heterocycles. The Bertz CT molecular complexity index is 930. The fourth-order valence-corrected chi connectivity index (χ4v) is 3.50. The Morgan fingerprint density at radius 2 is 1.73 bits per heavy atom. The van der Waals surface area contributed by atoms with Crippen LogP contribution in [0.4, 0.5) is 4.39 Å². The Morgan fingerprint density at radius 3 is 2.38 bits per heavy atom. The SMILES string of the molecule is Cc1nc2ccccc2nc1SCC(=O)N(C)[C@@H](C)c1ccc(F)cc1. The topological polar surface area (TPSA) is 46.1 Å². The third-order valence-corrected chi connectivity index (χ3v) is 5.41. The van der Waals surface area contributed by atoms with Gasteiger partial charge in [0.05, 0.1) is 28.5 Å². The van der Waals surface area contributed by atoms with Crippen LogP contribution in [0, 0.1) is 12.7 Å². The molecule has 2 aromatic carbocycles. The molecule has 0 radical (unpaired) electrons. The number of thioether (sulfide) groups is 1. The highest BCUT2D eigenvalue weighted by Crippen LogP contribution is 2.24. The summed E-state index contributed by atoms with van der Waals surface area (Å²) in [5.74, 6) is -0.0207. The van der Waals surface area contributed by atoms with Crippen LogP contribution < -0.4 is 0 Å². The summed E-state index contributed by atoms with van der Waals surface area (Å²) < 4.78 is 13.1. The molecule has 0 saturated carbocycles. The summed E-state index contributed by atoms with van der Waals surface area (Å²) >= 11 is 1.39. The predicted octanol–water partition coefficient (Wildman–Crippen LogP) is 4.39. The van der Waals surface area contributed by atoms with E-state index in [4.69, 9.17) is 0 Å². The number of carbonyl (C=O) groups is 1. The molecule has 26 heavy (non-hydrogen) atoms. The van der Waals surface area contributed by atoms with Gasteiger partial charge in [0.15, 0.2) is 0 Å². The number of para-hydroxylation sites is 2. The number of fused-ring (bicyclic) bond motifs is 1. The Hall–Kier alpha value is -2.47. The van der Waals surface area contributed by atoms with E-state index in [0.717, 1.165) is 27.3 Å². The van der Waals surface area contributed by atoms with Gasteiger partial charge in [-0.25, -0.2) is 14.4 Å². The summed E-state index contributed by atoms with van der Waals surface area (Å²) in [5, 5.41) is 0.764. The van der Waals surface area contributed by atoms with E-state index >= 15 is 0 Å². The van der Waals surface area contributed by atoms with E-state index in [1.54, 1.807) is 24.1 Å². The zero-order chi connectivity index (χ0) is 18.7. The lowest BCUT2D eigenvalue weighted by Crippen LogP contribution is -2.31. The summed E-state index contributed by atoms with van der Waals surface area (Å²) in [4.78, 5) is 23.4. The molecule has 1 atom stereocenters. The Labute approximate surface area is 156 Å².